The minimum atomic E-state index is -0.409. The largest absolute Gasteiger partial charge is 0.496 e. The molecule has 0 fully saturated rings. The Morgan fingerprint density at radius 2 is 1.78 bits per heavy atom. The van der Waals surface area contributed by atoms with Crippen LogP contribution in [0, 0.1) is 0 Å². The Kier molecular flexibility index (Phi) is 3.57. The van der Waals surface area contributed by atoms with Crippen molar-refractivity contribution in [2.45, 2.75) is 0 Å². The number of benzene rings is 1. The molecule has 0 radical (unpaired) electrons. The van der Waals surface area contributed by atoms with Gasteiger partial charge in [0.05, 0.1) is 14.2 Å². The maximum absolute atomic E-state index is 11.5. The number of carbonyl (C=O) groups is 1. The maximum Gasteiger partial charge on any atom is 0.341 e. The zero-order valence-electron chi connectivity index (χ0n) is 10.2. The van der Waals surface area contributed by atoms with Crippen LogP contribution in [-0.4, -0.2) is 25.2 Å². The molecular weight excluding hydrogens is 230 g/mol. The normalized spacial score (nSPS) is 9.89. The van der Waals surface area contributed by atoms with Crippen molar-refractivity contribution in [2.75, 3.05) is 14.2 Å². The lowest BCUT2D eigenvalue weighted by molar-refractivity contribution is 0.0597. The highest BCUT2D eigenvalue weighted by molar-refractivity contribution is 5.93. The van der Waals surface area contributed by atoms with Crippen molar-refractivity contribution in [1.82, 2.24) is 4.98 Å². The van der Waals surface area contributed by atoms with Crippen molar-refractivity contribution >= 4 is 5.97 Å². The van der Waals surface area contributed by atoms with Gasteiger partial charge >= 0.3 is 5.97 Å². The molecule has 2 rings (SSSR count). The second-order valence-electron chi connectivity index (χ2n) is 3.64. The number of rotatable bonds is 3. The predicted molar refractivity (Wildman–Crippen MR) is 67.6 cm³/mol. The molecule has 0 aliphatic heterocycles. The highest BCUT2D eigenvalue weighted by atomic mass is 16.5. The molecular formula is C14H13NO3. The summed E-state index contributed by atoms with van der Waals surface area (Å²) in [5.41, 5.74) is 2.39. The van der Waals surface area contributed by atoms with Gasteiger partial charge in [-0.2, -0.15) is 0 Å². The molecule has 0 aliphatic rings. The van der Waals surface area contributed by atoms with Crippen molar-refractivity contribution in [3.8, 4) is 16.9 Å². The first kappa shape index (κ1) is 12.1. The summed E-state index contributed by atoms with van der Waals surface area (Å²) >= 11 is 0. The molecule has 4 nitrogen and oxygen atoms in total. The first-order valence-electron chi connectivity index (χ1n) is 5.43. The number of carbonyl (C=O) groups excluding carboxylic acids is 1. The first-order valence-corrected chi connectivity index (χ1v) is 5.43. The van der Waals surface area contributed by atoms with Gasteiger partial charge in [-0.1, -0.05) is 6.07 Å². The molecule has 0 N–H and O–H groups in total. The molecule has 0 bridgehead atoms. The lowest BCUT2D eigenvalue weighted by Crippen LogP contribution is -2.04. The summed E-state index contributed by atoms with van der Waals surface area (Å²) in [6.45, 7) is 0. The van der Waals surface area contributed by atoms with Crippen LogP contribution in [0.3, 0.4) is 0 Å². The third-order valence-corrected chi connectivity index (χ3v) is 2.62. The second-order valence-corrected chi connectivity index (χ2v) is 3.64. The quantitative estimate of drug-likeness (QED) is 0.777. The summed E-state index contributed by atoms with van der Waals surface area (Å²) in [6.07, 6.45) is 3.44. The van der Waals surface area contributed by atoms with Crippen LogP contribution in [0.25, 0.3) is 11.1 Å². The fourth-order valence-electron chi connectivity index (χ4n) is 1.69. The first-order chi connectivity index (χ1) is 8.76. The average molecular weight is 243 g/mol. The highest BCUT2D eigenvalue weighted by Gasteiger charge is 2.13. The van der Waals surface area contributed by atoms with Gasteiger partial charge < -0.3 is 9.47 Å². The van der Waals surface area contributed by atoms with Crippen molar-refractivity contribution in [2.24, 2.45) is 0 Å². The SMILES string of the molecule is COC(=O)c1ccc(-c2ccncc2)cc1OC. The Hall–Kier alpha value is -2.36. The summed E-state index contributed by atoms with van der Waals surface area (Å²) in [4.78, 5) is 15.5. The number of hydrogen-bond acceptors (Lipinski definition) is 4. The number of methoxy groups -OCH3 is 2. The fourth-order valence-corrected chi connectivity index (χ4v) is 1.69. The van der Waals surface area contributed by atoms with Crippen LogP contribution in [0.15, 0.2) is 42.7 Å². The van der Waals surface area contributed by atoms with E-state index < -0.39 is 5.97 Å². The molecule has 1 aromatic heterocycles. The molecule has 92 valence electrons. The van der Waals surface area contributed by atoms with Gasteiger partial charge in [0.15, 0.2) is 0 Å². The average Bonchev–Trinajstić information content (AvgIpc) is 2.46. The molecule has 0 spiro atoms. The smallest absolute Gasteiger partial charge is 0.341 e. The van der Waals surface area contributed by atoms with E-state index in [9.17, 15) is 4.79 Å². The van der Waals surface area contributed by atoms with Gasteiger partial charge in [0.1, 0.15) is 11.3 Å². The summed E-state index contributed by atoms with van der Waals surface area (Å²) in [5.74, 6) is 0.0873. The minimum Gasteiger partial charge on any atom is -0.496 e. The number of ether oxygens (including phenoxy) is 2. The molecule has 2 aromatic rings. The highest BCUT2D eigenvalue weighted by Crippen LogP contribution is 2.27. The van der Waals surface area contributed by atoms with Crippen LogP contribution in [0.5, 0.6) is 5.75 Å². The van der Waals surface area contributed by atoms with Gasteiger partial charge in [-0.15, -0.1) is 0 Å². The second kappa shape index (κ2) is 5.31. The Bertz CT molecular complexity index is 552. The van der Waals surface area contributed by atoms with Crippen molar-refractivity contribution in [3.63, 3.8) is 0 Å². The van der Waals surface area contributed by atoms with E-state index in [1.54, 1.807) is 18.5 Å². The zero-order chi connectivity index (χ0) is 13.0. The summed E-state index contributed by atoms with van der Waals surface area (Å²) in [7, 11) is 2.87. The Labute approximate surface area is 105 Å². The van der Waals surface area contributed by atoms with E-state index in [0.29, 0.717) is 11.3 Å². The number of hydrogen-bond donors (Lipinski definition) is 0. The summed E-state index contributed by atoms with van der Waals surface area (Å²) in [6, 6.07) is 9.14. The van der Waals surface area contributed by atoms with Gasteiger partial charge in [0.25, 0.3) is 0 Å². The van der Waals surface area contributed by atoms with Crippen LogP contribution in [-0.2, 0) is 4.74 Å². The van der Waals surface area contributed by atoms with Crippen molar-refractivity contribution in [3.05, 3.63) is 48.3 Å². The van der Waals surface area contributed by atoms with Gasteiger partial charge in [-0.05, 0) is 35.4 Å². The molecule has 0 aliphatic carbocycles. The van der Waals surface area contributed by atoms with Gasteiger partial charge in [-0.25, -0.2) is 4.79 Å². The van der Waals surface area contributed by atoms with Gasteiger partial charge in [0, 0.05) is 12.4 Å². The number of aromatic nitrogens is 1. The monoisotopic (exact) mass is 243 g/mol. The number of nitrogens with zero attached hydrogens (tertiary/aromatic N) is 1. The van der Waals surface area contributed by atoms with Crippen LogP contribution in [0.4, 0.5) is 0 Å². The standard InChI is InChI=1S/C14H13NO3/c1-17-13-9-11(10-5-7-15-8-6-10)3-4-12(13)14(16)18-2/h3-9H,1-2H3. The zero-order valence-corrected chi connectivity index (χ0v) is 10.2. The molecule has 4 heteroatoms. The van der Waals surface area contributed by atoms with E-state index in [4.69, 9.17) is 9.47 Å². The number of esters is 1. The van der Waals surface area contributed by atoms with Crippen LogP contribution >= 0.6 is 0 Å². The van der Waals surface area contributed by atoms with E-state index in [0.717, 1.165) is 11.1 Å². The van der Waals surface area contributed by atoms with Gasteiger partial charge in [-0.3, -0.25) is 4.98 Å². The van der Waals surface area contributed by atoms with Crippen LogP contribution in [0.1, 0.15) is 10.4 Å². The van der Waals surface area contributed by atoms with E-state index in [-0.39, 0.29) is 0 Å². The number of pyridine rings is 1. The van der Waals surface area contributed by atoms with E-state index in [1.807, 2.05) is 24.3 Å². The molecule has 0 amide bonds. The molecule has 0 saturated heterocycles. The Balaban J connectivity index is 2.45. The minimum absolute atomic E-state index is 0.409. The summed E-state index contributed by atoms with van der Waals surface area (Å²) in [5, 5.41) is 0. The van der Waals surface area contributed by atoms with Crippen LogP contribution < -0.4 is 4.74 Å². The molecule has 0 atom stereocenters. The van der Waals surface area contributed by atoms with E-state index in [2.05, 4.69) is 4.98 Å². The van der Waals surface area contributed by atoms with Crippen molar-refractivity contribution < 1.29 is 14.3 Å². The fraction of sp³-hybridized carbons (Fsp3) is 0.143. The summed E-state index contributed by atoms with van der Waals surface area (Å²) < 4.78 is 9.91. The van der Waals surface area contributed by atoms with E-state index >= 15 is 0 Å². The molecule has 0 unspecified atom stereocenters. The molecule has 1 aromatic carbocycles. The molecule has 1 heterocycles. The van der Waals surface area contributed by atoms with Crippen LogP contribution in [0.2, 0.25) is 0 Å². The van der Waals surface area contributed by atoms with E-state index in [1.165, 1.54) is 14.2 Å². The topological polar surface area (TPSA) is 48.4 Å². The lowest BCUT2D eigenvalue weighted by atomic mass is 10.0. The molecule has 0 saturated carbocycles. The third kappa shape index (κ3) is 2.32. The Morgan fingerprint density at radius 1 is 1.06 bits per heavy atom. The van der Waals surface area contributed by atoms with Gasteiger partial charge in [0.2, 0.25) is 0 Å². The Morgan fingerprint density at radius 3 is 2.39 bits per heavy atom. The van der Waals surface area contributed by atoms with Crippen molar-refractivity contribution in [1.29, 1.82) is 0 Å². The lowest BCUT2D eigenvalue weighted by Gasteiger charge is -2.09. The third-order valence-electron chi connectivity index (χ3n) is 2.62. The maximum atomic E-state index is 11.5. The molecule has 18 heavy (non-hydrogen) atoms. The predicted octanol–water partition coefficient (Wildman–Crippen LogP) is 2.54.